The molecule has 1 fully saturated rings. The smallest absolute Gasteiger partial charge is 0.231 e. The second-order valence-corrected chi connectivity index (χ2v) is 6.90. The maximum atomic E-state index is 11.1. The fourth-order valence-electron chi connectivity index (χ4n) is 3.75. The van der Waals surface area contributed by atoms with Crippen LogP contribution in [0.15, 0.2) is 42.0 Å². The van der Waals surface area contributed by atoms with E-state index in [1.807, 2.05) is 19.1 Å². The summed E-state index contributed by atoms with van der Waals surface area (Å²) in [4.78, 5) is 13.4. The van der Waals surface area contributed by atoms with Crippen LogP contribution in [0.4, 0.5) is 0 Å². The minimum atomic E-state index is 0.307. The molecule has 2 heterocycles. The molecule has 2 aliphatic rings. The van der Waals surface area contributed by atoms with E-state index in [1.54, 1.807) is 0 Å². The van der Waals surface area contributed by atoms with E-state index in [4.69, 9.17) is 9.47 Å². The Morgan fingerprint density at radius 2 is 2.16 bits per heavy atom. The molecule has 0 spiro atoms. The second kappa shape index (κ2) is 8.34. The number of ether oxygens (including phenoxy) is 2. The van der Waals surface area contributed by atoms with E-state index in [0.29, 0.717) is 25.3 Å². The van der Waals surface area contributed by atoms with Crippen molar-refractivity contribution >= 4 is 6.29 Å². The van der Waals surface area contributed by atoms with Gasteiger partial charge in [-0.15, -0.1) is 0 Å². The van der Waals surface area contributed by atoms with Crippen LogP contribution in [-0.2, 0) is 4.79 Å². The van der Waals surface area contributed by atoms with Gasteiger partial charge in [0.1, 0.15) is 6.29 Å². The number of carbonyl (C=O) groups is 1. The molecule has 1 aromatic carbocycles. The number of rotatable bonds is 7. The summed E-state index contributed by atoms with van der Waals surface area (Å²) < 4.78 is 10.9. The summed E-state index contributed by atoms with van der Waals surface area (Å²) in [5.41, 5.74) is 2.67. The second-order valence-electron chi connectivity index (χ2n) is 6.90. The summed E-state index contributed by atoms with van der Waals surface area (Å²) in [7, 11) is 0. The summed E-state index contributed by atoms with van der Waals surface area (Å²) in [6.45, 7) is 5.96. The zero-order valence-corrected chi connectivity index (χ0v) is 15.1. The Morgan fingerprint density at radius 1 is 1.32 bits per heavy atom. The molecule has 4 nitrogen and oxygen atoms in total. The Kier molecular flexibility index (Phi) is 5.92. The molecule has 0 N–H and O–H groups in total. The van der Waals surface area contributed by atoms with E-state index in [-0.39, 0.29) is 0 Å². The SMILES string of the molecule is C/C=C\C=C(/C)CCC1CC(c2ccc3c(c2)OCO3)CN1CC=O. The first-order valence-corrected chi connectivity index (χ1v) is 9.07. The van der Waals surface area contributed by atoms with E-state index in [0.717, 1.165) is 43.6 Å². The molecule has 2 aliphatic heterocycles. The first-order chi connectivity index (χ1) is 12.2. The van der Waals surface area contributed by atoms with Crippen LogP contribution in [0.3, 0.4) is 0 Å². The Balaban J connectivity index is 1.66. The van der Waals surface area contributed by atoms with Crippen LogP contribution in [0.5, 0.6) is 11.5 Å². The molecule has 4 heteroatoms. The van der Waals surface area contributed by atoms with Gasteiger partial charge in [-0.1, -0.05) is 29.9 Å². The lowest BCUT2D eigenvalue weighted by molar-refractivity contribution is -0.109. The van der Waals surface area contributed by atoms with Gasteiger partial charge in [0.2, 0.25) is 6.79 Å². The monoisotopic (exact) mass is 341 g/mol. The lowest BCUT2D eigenvalue weighted by atomic mass is 9.94. The van der Waals surface area contributed by atoms with Crippen LogP contribution in [0.2, 0.25) is 0 Å². The van der Waals surface area contributed by atoms with Crippen molar-refractivity contribution in [3.63, 3.8) is 0 Å². The van der Waals surface area contributed by atoms with Crippen molar-refractivity contribution < 1.29 is 14.3 Å². The highest BCUT2D eigenvalue weighted by molar-refractivity contribution is 5.52. The lowest BCUT2D eigenvalue weighted by Gasteiger charge is -2.21. The zero-order chi connectivity index (χ0) is 17.6. The average molecular weight is 341 g/mol. The predicted octanol–water partition coefficient (Wildman–Crippen LogP) is 4.07. The molecule has 2 atom stereocenters. The molecule has 134 valence electrons. The third-order valence-electron chi connectivity index (χ3n) is 5.15. The molecule has 3 rings (SSSR count). The Bertz CT molecular complexity index is 665. The minimum Gasteiger partial charge on any atom is -0.454 e. The van der Waals surface area contributed by atoms with Gasteiger partial charge in [0, 0.05) is 12.6 Å². The number of benzene rings is 1. The van der Waals surface area contributed by atoms with Crippen molar-refractivity contribution in [3.8, 4) is 11.5 Å². The van der Waals surface area contributed by atoms with Crippen LogP contribution in [0.1, 0.15) is 44.6 Å². The quantitative estimate of drug-likeness (QED) is 0.553. The molecule has 0 aromatic heterocycles. The van der Waals surface area contributed by atoms with Crippen LogP contribution in [0, 0.1) is 0 Å². The van der Waals surface area contributed by atoms with Crippen LogP contribution >= 0.6 is 0 Å². The average Bonchev–Trinajstić information content (AvgIpc) is 3.24. The Morgan fingerprint density at radius 3 is 2.96 bits per heavy atom. The number of likely N-dealkylation sites (tertiary alicyclic amines) is 1. The van der Waals surface area contributed by atoms with E-state index in [9.17, 15) is 4.79 Å². The first kappa shape index (κ1) is 17.7. The van der Waals surface area contributed by atoms with Crippen molar-refractivity contribution in [1.29, 1.82) is 0 Å². The number of nitrogens with zero attached hydrogens (tertiary/aromatic N) is 1. The van der Waals surface area contributed by atoms with Gasteiger partial charge in [0.05, 0.1) is 6.54 Å². The van der Waals surface area contributed by atoms with Gasteiger partial charge in [-0.2, -0.15) is 0 Å². The Labute approximate surface area is 150 Å². The van der Waals surface area contributed by atoms with Crippen molar-refractivity contribution in [3.05, 3.63) is 47.6 Å². The summed E-state index contributed by atoms with van der Waals surface area (Å²) in [5, 5.41) is 0. The number of hydrogen-bond acceptors (Lipinski definition) is 4. The first-order valence-electron chi connectivity index (χ1n) is 9.07. The largest absolute Gasteiger partial charge is 0.454 e. The third kappa shape index (κ3) is 4.31. The summed E-state index contributed by atoms with van der Waals surface area (Å²) >= 11 is 0. The molecular formula is C21H27NO3. The van der Waals surface area contributed by atoms with Gasteiger partial charge in [0.25, 0.3) is 0 Å². The molecule has 25 heavy (non-hydrogen) atoms. The maximum Gasteiger partial charge on any atom is 0.231 e. The van der Waals surface area contributed by atoms with Gasteiger partial charge in [0.15, 0.2) is 11.5 Å². The van der Waals surface area contributed by atoms with Gasteiger partial charge in [-0.05, 0) is 56.7 Å². The van der Waals surface area contributed by atoms with E-state index < -0.39 is 0 Å². The van der Waals surface area contributed by atoms with E-state index in [1.165, 1.54) is 11.1 Å². The van der Waals surface area contributed by atoms with Gasteiger partial charge < -0.3 is 14.3 Å². The molecular weight excluding hydrogens is 314 g/mol. The van der Waals surface area contributed by atoms with Crippen LogP contribution in [-0.4, -0.2) is 37.1 Å². The van der Waals surface area contributed by atoms with E-state index >= 15 is 0 Å². The standard InChI is InChI=1S/C21H27NO3/c1-3-4-5-16(2)6-8-19-12-18(14-22(19)10-11-23)17-7-9-20-21(13-17)25-15-24-20/h3-5,7,9,11,13,18-19H,6,8,10,12,14-15H2,1-2H3/b4-3-,16-5+. The van der Waals surface area contributed by atoms with Crippen molar-refractivity contribution in [2.75, 3.05) is 19.9 Å². The van der Waals surface area contributed by atoms with Crippen molar-refractivity contribution in [1.82, 2.24) is 4.90 Å². The predicted molar refractivity (Wildman–Crippen MR) is 99.2 cm³/mol. The number of carbonyl (C=O) groups excluding carboxylic acids is 1. The normalized spacial score (nSPS) is 23.5. The van der Waals surface area contributed by atoms with Crippen molar-refractivity contribution in [2.45, 2.75) is 45.1 Å². The summed E-state index contributed by atoms with van der Waals surface area (Å²) in [6.07, 6.45) is 10.6. The number of fused-ring (bicyclic) bond motifs is 1. The van der Waals surface area contributed by atoms with Crippen LogP contribution < -0.4 is 9.47 Å². The zero-order valence-electron chi connectivity index (χ0n) is 15.1. The maximum absolute atomic E-state index is 11.1. The van der Waals surface area contributed by atoms with Gasteiger partial charge in [-0.25, -0.2) is 0 Å². The third-order valence-corrected chi connectivity index (χ3v) is 5.15. The molecule has 0 saturated carbocycles. The fraction of sp³-hybridized carbons (Fsp3) is 0.476. The van der Waals surface area contributed by atoms with Gasteiger partial charge >= 0.3 is 0 Å². The number of hydrogen-bond donors (Lipinski definition) is 0. The van der Waals surface area contributed by atoms with Crippen LogP contribution in [0.25, 0.3) is 0 Å². The van der Waals surface area contributed by atoms with E-state index in [2.05, 4.69) is 36.1 Å². The lowest BCUT2D eigenvalue weighted by Crippen LogP contribution is -2.31. The highest BCUT2D eigenvalue weighted by atomic mass is 16.7. The summed E-state index contributed by atoms with van der Waals surface area (Å²) in [5.74, 6) is 2.11. The molecule has 0 amide bonds. The molecule has 0 aliphatic carbocycles. The molecule has 2 unspecified atom stereocenters. The van der Waals surface area contributed by atoms with Gasteiger partial charge in [-0.3, -0.25) is 4.90 Å². The number of aldehydes is 1. The molecule has 1 saturated heterocycles. The topological polar surface area (TPSA) is 38.8 Å². The van der Waals surface area contributed by atoms with Crippen molar-refractivity contribution in [2.24, 2.45) is 0 Å². The number of allylic oxidation sites excluding steroid dienone is 4. The highest BCUT2D eigenvalue weighted by Crippen LogP contribution is 2.39. The molecule has 0 radical (unpaired) electrons. The molecule has 0 bridgehead atoms. The highest BCUT2D eigenvalue weighted by Gasteiger charge is 2.32. The molecule has 1 aromatic rings. The summed E-state index contributed by atoms with van der Waals surface area (Å²) in [6, 6.07) is 6.69. The Hall–Kier alpha value is -2.07. The minimum absolute atomic E-state index is 0.307. The fourth-order valence-corrected chi connectivity index (χ4v) is 3.75.